The molecule has 1 aliphatic carbocycles. The first kappa shape index (κ1) is 32.4. The van der Waals surface area contributed by atoms with Gasteiger partial charge in [0.15, 0.2) is 0 Å². The molecule has 1 aromatic carbocycles. The molecule has 1 aromatic heterocycles. The number of likely N-dealkylation sites (tertiary alicyclic amines) is 1. The minimum absolute atomic E-state index is 0.147. The molecule has 5 rings (SSSR count). The van der Waals surface area contributed by atoms with E-state index >= 15 is 0 Å². The summed E-state index contributed by atoms with van der Waals surface area (Å²) >= 11 is 0. The second-order valence-corrected chi connectivity index (χ2v) is 12.3. The van der Waals surface area contributed by atoms with Gasteiger partial charge in [-0.05, 0) is 50.4 Å². The number of imidazole rings is 1. The summed E-state index contributed by atoms with van der Waals surface area (Å²) in [6.45, 7) is 9.19. The van der Waals surface area contributed by atoms with Crippen LogP contribution < -0.4 is 11.1 Å². The highest BCUT2D eigenvalue weighted by Gasteiger charge is 2.54. The Bertz CT molecular complexity index is 1350. The van der Waals surface area contributed by atoms with Crippen LogP contribution in [0.4, 0.5) is 0 Å². The zero-order valence-corrected chi connectivity index (χ0v) is 26.7. The molecule has 4 N–H and O–H groups in total. The van der Waals surface area contributed by atoms with Crippen LogP contribution in [0.25, 0.3) is 0 Å². The van der Waals surface area contributed by atoms with E-state index in [1.807, 2.05) is 40.1 Å². The Morgan fingerprint density at radius 3 is 2.53 bits per heavy atom. The molecule has 0 unspecified atom stereocenters. The zero-order chi connectivity index (χ0) is 31.8. The van der Waals surface area contributed by atoms with Crippen LogP contribution in [0.3, 0.4) is 0 Å². The number of benzene rings is 1. The lowest BCUT2D eigenvalue weighted by atomic mass is 9.84. The fourth-order valence-electron chi connectivity index (χ4n) is 6.79. The summed E-state index contributed by atoms with van der Waals surface area (Å²) < 4.78 is 0. The maximum atomic E-state index is 14.2. The highest BCUT2D eigenvalue weighted by Crippen LogP contribution is 2.40. The Kier molecular flexibility index (Phi) is 10.7. The number of hydrogen-bond acceptors (Lipinski definition) is 7. The second kappa shape index (κ2) is 14.9. The van der Waals surface area contributed by atoms with E-state index in [9.17, 15) is 14.4 Å². The lowest BCUT2D eigenvalue weighted by Gasteiger charge is -2.45. The number of piperidine rings is 1. The molecule has 2 saturated heterocycles. The van der Waals surface area contributed by atoms with E-state index in [4.69, 9.17) is 5.73 Å². The number of aromatic nitrogens is 2. The predicted octanol–water partition coefficient (Wildman–Crippen LogP) is 2.05. The fourth-order valence-corrected chi connectivity index (χ4v) is 6.79. The van der Waals surface area contributed by atoms with Gasteiger partial charge in [0.2, 0.25) is 17.7 Å². The van der Waals surface area contributed by atoms with E-state index in [1.54, 1.807) is 12.5 Å². The van der Waals surface area contributed by atoms with Gasteiger partial charge in [0.25, 0.3) is 0 Å². The minimum atomic E-state index is -0.828. The monoisotopic (exact) mass is 616 g/mol. The van der Waals surface area contributed by atoms with Crippen LogP contribution in [0.2, 0.25) is 0 Å². The molecule has 3 aliphatic rings. The molecule has 2 atom stereocenters. The highest BCUT2D eigenvalue weighted by molar-refractivity contribution is 5.91. The number of allylic oxidation sites excluding steroid dienone is 4. The number of hydrogen-bond donors (Lipinski definition) is 3. The summed E-state index contributed by atoms with van der Waals surface area (Å²) in [4.78, 5) is 56.9. The number of H-pyrrole nitrogens is 1. The van der Waals surface area contributed by atoms with Gasteiger partial charge in [-0.15, -0.1) is 0 Å². The molecular weight excluding hydrogens is 568 g/mol. The first-order valence-corrected chi connectivity index (χ1v) is 16.4. The van der Waals surface area contributed by atoms with E-state index in [2.05, 4.69) is 57.2 Å². The van der Waals surface area contributed by atoms with Crippen molar-refractivity contribution in [3.05, 3.63) is 78.0 Å². The van der Waals surface area contributed by atoms with Gasteiger partial charge >= 0.3 is 0 Å². The molecule has 3 heterocycles. The van der Waals surface area contributed by atoms with Crippen molar-refractivity contribution in [2.75, 3.05) is 45.9 Å². The van der Waals surface area contributed by atoms with E-state index < -0.39 is 17.6 Å². The van der Waals surface area contributed by atoms with Crippen molar-refractivity contribution in [3.63, 3.8) is 0 Å². The van der Waals surface area contributed by atoms with Crippen LogP contribution in [0.1, 0.15) is 50.8 Å². The molecule has 242 valence electrons. The van der Waals surface area contributed by atoms with Crippen molar-refractivity contribution in [3.8, 4) is 0 Å². The molecule has 0 radical (unpaired) electrons. The summed E-state index contributed by atoms with van der Waals surface area (Å²) in [6, 6.07) is 8.09. The van der Waals surface area contributed by atoms with Crippen molar-refractivity contribution >= 4 is 17.7 Å². The van der Waals surface area contributed by atoms with Gasteiger partial charge in [-0.25, -0.2) is 4.98 Å². The van der Waals surface area contributed by atoms with Gasteiger partial charge in [0, 0.05) is 56.6 Å². The maximum absolute atomic E-state index is 14.2. The molecule has 2 fully saturated rings. The molecule has 0 saturated carbocycles. The van der Waals surface area contributed by atoms with Gasteiger partial charge in [0.1, 0.15) is 11.6 Å². The molecule has 45 heavy (non-hydrogen) atoms. The van der Waals surface area contributed by atoms with Gasteiger partial charge in [0.05, 0.1) is 19.0 Å². The molecule has 11 nitrogen and oxygen atoms in total. The Morgan fingerprint density at radius 1 is 1.13 bits per heavy atom. The average molecular weight is 617 g/mol. The molecule has 11 heteroatoms. The van der Waals surface area contributed by atoms with Crippen molar-refractivity contribution in [2.24, 2.45) is 5.73 Å². The molecular formula is C34H48N8O3. The van der Waals surface area contributed by atoms with Crippen LogP contribution in [0.5, 0.6) is 0 Å². The number of amides is 3. The van der Waals surface area contributed by atoms with Crippen LogP contribution in [-0.2, 0) is 27.2 Å². The lowest BCUT2D eigenvalue weighted by molar-refractivity contribution is -0.142. The van der Waals surface area contributed by atoms with Crippen LogP contribution in [-0.4, -0.2) is 111 Å². The fraction of sp³-hybridized carbons (Fsp3) is 0.529. The quantitative estimate of drug-likeness (QED) is 0.314. The standard InChI is InChI=1S/C34H48N8O3/c1-3-39(4-2)19-20-41-25-42(28-13-9-6-10-14-28)34(33(41)45)15-17-40(18-16-34)32(44)30(21-26-11-7-5-8-12-26)38-31(43)29(35)22-27-23-36-24-37-27/h5-9,11-13,23-24,29-30H,3-4,10,14-22,25,35H2,1-2H3,(H,36,37)(H,38,43)/t29-,30+/m0/s1. The normalized spacial score (nSPS) is 19.2. The third-order valence-corrected chi connectivity index (χ3v) is 9.56. The minimum Gasteiger partial charge on any atom is -0.348 e. The molecule has 1 spiro atoms. The molecule has 0 bridgehead atoms. The van der Waals surface area contributed by atoms with Gasteiger partial charge in [-0.3, -0.25) is 14.4 Å². The number of carbonyl (C=O) groups excluding carboxylic acids is 3. The summed E-state index contributed by atoms with van der Waals surface area (Å²) in [7, 11) is 0. The van der Waals surface area contributed by atoms with Gasteiger partial charge in [-0.2, -0.15) is 0 Å². The van der Waals surface area contributed by atoms with Crippen LogP contribution >= 0.6 is 0 Å². The lowest BCUT2D eigenvalue weighted by Crippen LogP contribution is -2.60. The Balaban J connectivity index is 1.30. The van der Waals surface area contributed by atoms with E-state index in [-0.39, 0.29) is 24.1 Å². The van der Waals surface area contributed by atoms with E-state index in [0.717, 1.165) is 43.7 Å². The third-order valence-electron chi connectivity index (χ3n) is 9.56. The van der Waals surface area contributed by atoms with Crippen LogP contribution in [0, 0.1) is 0 Å². The van der Waals surface area contributed by atoms with E-state index in [0.29, 0.717) is 45.6 Å². The first-order chi connectivity index (χ1) is 21.8. The van der Waals surface area contributed by atoms with Crippen molar-refractivity contribution in [1.29, 1.82) is 0 Å². The summed E-state index contributed by atoms with van der Waals surface area (Å²) in [6.07, 6.45) is 13.2. The maximum Gasteiger partial charge on any atom is 0.250 e. The Morgan fingerprint density at radius 2 is 1.89 bits per heavy atom. The summed E-state index contributed by atoms with van der Waals surface area (Å²) in [5.41, 5.74) is 8.47. The zero-order valence-electron chi connectivity index (χ0n) is 26.7. The topological polar surface area (TPSA) is 131 Å². The van der Waals surface area contributed by atoms with E-state index in [1.165, 1.54) is 5.70 Å². The van der Waals surface area contributed by atoms with Crippen molar-refractivity contribution < 1.29 is 14.4 Å². The Labute approximate surface area is 266 Å². The molecule has 2 aliphatic heterocycles. The van der Waals surface area contributed by atoms with Crippen LogP contribution in [0.15, 0.2) is 66.8 Å². The van der Waals surface area contributed by atoms with Crippen molar-refractivity contribution in [2.45, 2.75) is 70.0 Å². The van der Waals surface area contributed by atoms with Gasteiger partial charge in [-0.1, -0.05) is 56.3 Å². The number of nitrogens with zero attached hydrogens (tertiary/aromatic N) is 5. The average Bonchev–Trinajstić information content (AvgIpc) is 3.68. The first-order valence-electron chi connectivity index (χ1n) is 16.4. The number of nitrogens with two attached hydrogens (primary N) is 1. The number of likely N-dealkylation sites (N-methyl/N-ethyl adjacent to an activating group) is 1. The SMILES string of the molecule is CCN(CC)CCN1CN(C2=CC=CCC2)C2(CCN(C(=O)[C@@H](Cc3ccccc3)NC(=O)[C@@H](N)Cc3cnc[nH]3)CC2)C1=O. The third kappa shape index (κ3) is 7.48. The number of nitrogens with one attached hydrogen (secondary N) is 2. The summed E-state index contributed by atoms with van der Waals surface area (Å²) in [5.74, 6) is -0.368. The highest BCUT2D eigenvalue weighted by atomic mass is 16.2. The van der Waals surface area contributed by atoms with Gasteiger partial charge < -0.3 is 35.6 Å². The molecule has 2 aromatic rings. The number of carbonyl (C=O) groups is 3. The summed E-state index contributed by atoms with van der Waals surface area (Å²) in [5, 5.41) is 2.95. The molecule has 3 amide bonds. The Hall–Kier alpha value is -3.96. The number of aromatic amines is 1. The van der Waals surface area contributed by atoms with Crippen molar-refractivity contribution in [1.82, 2.24) is 34.9 Å². The second-order valence-electron chi connectivity index (χ2n) is 12.3. The number of rotatable bonds is 13. The smallest absolute Gasteiger partial charge is 0.250 e. The predicted molar refractivity (Wildman–Crippen MR) is 174 cm³/mol. The largest absolute Gasteiger partial charge is 0.348 e.